The summed E-state index contributed by atoms with van der Waals surface area (Å²) in [5.41, 5.74) is 0. The zero-order valence-electron chi connectivity index (χ0n) is 15.0. The van der Waals surface area contributed by atoms with Crippen LogP contribution in [0.25, 0.3) is 0 Å². The van der Waals surface area contributed by atoms with Crippen LogP contribution in [0.5, 0.6) is 0 Å². The van der Waals surface area contributed by atoms with Crippen molar-refractivity contribution < 1.29 is 14.3 Å². The molecule has 1 aliphatic carbocycles. The summed E-state index contributed by atoms with van der Waals surface area (Å²) in [5, 5.41) is 10.5. The van der Waals surface area contributed by atoms with Crippen LogP contribution in [-0.2, 0) is 14.3 Å². The summed E-state index contributed by atoms with van der Waals surface area (Å²) in [7, 11) is 0. The number of ether oxygens (including phenoxy) is 1. The summed E-state index contributed by atoms with van der Waals surface area (Å²) < 4.78 is 7.22. The number of nitrogens with zero attached hydrogens (tertiary/aromatic N) is 3. The van der Waals surface area contributed by atoms with Crippen molar-refractivity contribution in [2.45, 2.75) is 44.2 Å². The van der Waals surface area contributed by atoms with E-state index in [-0.39, 0.29) is 23.8 Å². The Morgan fingerprint density at radius 2 is 2.00 bits per heavy atom. The first kappa shape index (κ1) is 17.5. The number of hydrogen-bond donors (Lipinski definition) is 2. The minimum Gasteiger partial charge on any atom is -0.381 e. The summed E-state index contributed by atoms with van der Waals surface area (Å²) in [6.45, 7) is 3.37. The van der Waals surface area contributed by atoms with Gasteiger partial charge in [-0.3, -0.25) is 14.5 Å². The predicted molar refractivity (Wildman–Crippen MR) is 95.7 cm³/mol. The molecule has 0 radical (unpaired) electrons. The Kier molecular flexibility index (Phi) is 5.21. The quantitative estimate of drug-likeness (QED) is 0.781. The minimum absolute atomic E-state index is 0.0124. The Labute approximate surface area is 153 Å². The zero-order chi connectivity index (χ0) is 17.9. The average Bonchev–Trinajstić information content (AvgIpc) is 3.12. The van der Waals surface area contributed by atoms with Crippen molar-refractivity contribution in [2.24, 2.45) is 5.92 Å². The van der Waals surface area contributed by atoms with Gasteiger partial charge >= 0.3 is 0 Å². The number of carbonyl (C=O) groups excluding carboxylic acids is 2. The molecule has 2 N–H and O–H groups in total. The molecule has 8 heteroatoms. The molecular weight excluding hydrogens is 334 g/mol. The van der Waals surface area contributed by atoms with Gasteiger partial charge in [0.25, 0.3) is 0 Å². The van der Waals surface area contributed by atoms with E-state index in [9.17, 15) is 9.59 Å². The van der Waals surface area contributed by atoms with Crippen LogP contribution in [0.3, 0.4) is 0 Å². The Morgan fingerprint density at radius 3 is 2.69 bits per heavy atom. The molecule has 1 aromatic rings. The van der Waals surface area contributed by atoms with Gasteiger partial charge in [-0.1, -0.05) is 0 Å². The molecule has 2 amide bonds. The molecule has 26 heavy (non-hydrogen) atoms. The van der Waals surface area contributed by atoms with Gasteiger partial charge in [-0.05, 0) is 32.1 Å². The molecule has 0 aromatic carbocycles. The summed E-state index contributed by atoms with van der Waals surface area (Å²) in [6, 6.07) is 2.52. The third-order valence-corrected chi connectivity index (χ3v) is 5.43. The van der Waals surface area contributed by atoms with Crippen LogP contribution in [0, 0.1) is 5.92 Å². The largest absolute Gasteiger partial charge is 0.381 e. The molecule has 2 saturated heterocycles. The van der Waals surface area contributed by atoms with E-state index in [0.29, 0.717) is 25.8 Å². The fourth-order valence-corrected chi connectivity index (χ4v) is 3.70. The monoisotopic (exact) mass is 361 g/mol. The molecule has 3 fully saturated rings. The molecule has 3 heterocycles. The first-order chi connectivity index (χ1) is 12.7. The summed E-state index contributed by atoms with van der Waals surface area (Å²) in [5.74, 6) is 0.840. The second kappa shape index (κ2) is 7.75. The summed E-state index contributed by atoms with van der Waals surface area (Å²) in [4.78, 5) is 26.5. The van der Waals surface area contributed by atoms with Crippen molar-refractivity contribution in [1.82, 2.24) is 20.0 Å². The normalized spacial score (nSPS) is 24.5. The second-order valence-electron chi connectivity index (χ2n) is 7.56. The SMILES string of the molecule is O=C(CN1CCC(n2nccc2NC(=O)C2CCOC2)CC1)NC1CC1. The highest BCUT2D eigenvalue weighted by atomic mass is 16.5. The Morgan fingerprint density at radius 1 is 1.19 bits per heavy atom. The highest BCUT2D eigenvalue weighted by Gasteiger charge is 2.28. The van der Waals surface area contributed by atoms with E-state index in [0.717, 1.165) is 51.0 Å². The highest BCUT2D eigenvalue weighted by molar-refractivity contribution is 5.92. The molecule has 3 aliphatic rings. The lowest BCUT2D eigenvalue weighted by Gasteiger charge is -2.32. The van der Waals surface area contributed by atoms with E-state index in [2.05, 4.69) is 20.6 Å². The zero-order valence-corrected chi connectivity index (χ0v) is 15.0. The molecular formula is C18H27N5O3. The molecule has 1 saturated carbocycles. The maximum Gasteiger partial charge on any atom is 0.234 e. The maximum absolute atomic E-state index is 12.3. The maximum atomic E-state index is 12.3. The molecule has 2 aliphatic heterocycles. The molecule has 4 rings (SSSR count). The highest BCUT2D eigenvalue weighted by Crippen LogP contribution is 2.26. The van der Waals surface area contributed by atoms with Crippen molar-refractivity contribution in [3.63, 3.8) is 0 Å². The van der Waals surface area contributed by atoms with E-state index < -0.39 is 0 Å². The summed E-state index contributed by atoms with van der Waals surface area (Å²) in [6.07, 6.45) is 6.60. The van der Waals surface area contributed by atoms with Gasteiger partial charge in [0.15, 0.2) is 0 Å². The topological polar surface area (TPSA) is 88.5 Å². The molecule has 1 unspecified atom stereocenters. The van der Waals surface area contributed by atoms with Gasteiger partial charge in [-0.15, -0.1) is 0 Å². The van der Waals surface area contributed by atoms with Gasteiger partial charge in [0.05, 0.1) is 31.3 Å². The van der Waals surface area contributed by atoms with Crippen LogP contribution in [0.15, 0.2) is 12.3 Å². The van der Waals surface area contributed by atoms with Crippen LogP contribution in [0.1, 0.15) is 38.1 Å². The number of carbonyl (C=O) groups is 2. The van der Waals surface area contributed by atoms with Crippen molar-refractivity contribution >= 4 is 17.6 Å². The number of hydrogen-bond acceptors (Lipinski definition) is 5. The fourth-order valence-electron chi connectivity index (χ4n) is 3.70. The van der Waals surface area contributed by atoms with Crippen molar-refractivity contribution in [3.8, 4) is 0 Å². The molecule has 8 nitrogen and oxygen atoms in total. The second-order valence-corrected chi connectivity index (χ2v) is 7.56. The molecule has 0 spiro atoms. The van der Waals surface area contributed by atoms with Crippen LogP contribution >= 0.6 is 0 Å². The third-order valence-electron chi connectivity index (χ3n) is 5.43. The van der Waals surface area contributed by atoms with Gasteiger partial charge in [0.2, 0.25) is 11.8 Å². The van der Waals surface area contributed by atoms with E-state index in [1.807, 2.05) is 10.7 Å². The van der Waals surface area contributed by atoms with E-state index >= 15 is 0 Å². The van der Waals surface area contributed by atoms with Gasteiger partial charge in [0.1, 0.15) is 5.82 Å². The average molecular weight is 361 g/mol. The molecule has 0 bridgehead atoms. The lowest BCUT2D eigenvalue weighted by molar-refractivity contribution is -0.123. The van der Waals surface area contributed by atoms with Gasteiger partial charge in [-0.2, -0.15) is 5.10 Å². The number of anilines is 1. The number of amides is 2. The number of rotatable bonds is 6. The molecule has 1 aromatic heterocycles. The lowest BCUT2D eigenvalue weighted by atomic mass is 10.1. The fraction of sp³-hybridized carbons (Fsp3) is 0.722. The smallest absolute Gasteiger partial charge is 0.234 e. The van der Waals surface area contributed by atoms with Crippen LogP contribution in [0.2, 0.25) is 0 Å². The first-order valence-corrected chi connectivity index (χ1v) is 9.63. The van der Waals surface area contributed by atoms with Gasteiger partial charge < -0.3 is 15.4 Å². The lowest BCUT2D eigenvalue weighted by Crippen LogP contribution is -2.42. The van der Waals surface area contributed by atoms with Crippen LogP contribution in [0.4, 0.5) is 5.82 Å². The molecule has 142 valence electrons. The standard InChI is InChI=1S/C18H27N5O3/c24-17(20-14-1-2-14)11-22-8-4-15(5-9-22)23-16(3-7-19-23)21-18(25)13-6-10-26-12-13/h3,7,13-15H,1-2,4-6,8-12H2,(H,20,24)(H,21,25). The van der Waals surface area contributed by atoms with Gasteiger partial charge in [0, 0.05) is 31.8 Å². The first-order valence-electron chi connectivity index (χ1n) is 9.63. The summed E-state index contributed by atoms with van der Waals surface area (Å²) >= 11 is 0. The predicted octanol–water partition coefficient (Wildman–Crippen LogP) is 0.774. The van der Waals surface area contributed by atoms with Crippen molar-refractivity contribution in [3.05, 3.63) is 12.3 Å². The van der Waals surface area contributed by atoms with E-state index in [4.69, 9.17) is 4.74 Å². The Hall–Kier alpha value is -1.93. The van der Waals surface area contributed by atoms with E-state index in [1.54, 1.807) is 6.20 Å². The number of nitrogens with one attached hydrogen (secondary N) is 2. The number of likely N-dealkylation sites (tertiary alicyclic amines) is 1. The molecule has 1 atom stereocenters. The minimum atomic E-state index is -0.0647. The van der Waals surface area contributed by atoms with Crippen molar-refractivity contribution in [2.75, 3.05) is 38.2 Å². The van der Waals surface area contributed by atoms with Crippen LogP contribution < -0.4 is 10.6 Å². The van der Waals surface area contributed by atoms with Crippen LogP contribution in [-0.4, -0.2) is 65.4 Å². The van der Waals surface area contributed by atoms with Crippen molar-refractivity contribution in [1.29, 1.82) is 0 Å². The third kappa shape index (κ3) is 4.24. The Balaban J connectivity index is 1.28. The number of aromatic nitrogens is 2. The van der Waals surface area contributed by atoms with E-state index in [1.165, 1.54) is 0 Å². The number of piperidine rings is 1. The Bertz CT molecular complexity index is 643. The van der Waals surface area contributed by atoms with Gasteiger partial charge in [-0.25, -0.2) is 4.68 Å².